The van der Waals surface area contributed by atoms with Gasteiger partial charge in [0.1, 0.15) is 18.2 Å². The van der Waals surface area contributed by atoms with Crippen LogP contribution in [0.15, 0.2) is 24.3 Å². The van der Waals surface area contributed by atoms with Gasteiger partial charge in [-0.15, -0.1) is 0 Å². The van der Waals surface area contributed by atoms with Gasteiger partial charge in [0, 0.05) is 6.54 Å². The van der Waals surface area contributed by atoms with E-state index in [0.717, 1.165) is 12.3 Å². The van der Waals surface area contributed by atoms with Gasteiger partial charge in [0.15, 0.2) is 0 Å². The smallest absolute Gasteiger partial charge is 0.123 e. The number of likely N-dealkylation sites (tertiary alicyclic amines) is 1. The standard InChI is InChI=1S/C18H26FNO/c19-16-4-6-17(7-5-16)21-15-14-20-12-10-18(11-13-20)8-2-1-3-9-18/h4-7H,1-3,8-15H2. The van der Waals surface area contributed by atoms with Gasteiger partial charge in [-0.25, -0.2) is 4.39 Å². The second-order valence-corrected chi connectivity index (χ2v) is 6.70. The maximum absolute atomic E-state index is 12.8. The Bertz CT molecular complexity index is 429. The van der Waals surface area contributed by atoms with Gasteiger partial charge in [-0.1, -0.05) is 19.3 Å². The van der Waals surface area contributed by atoms with Gasteiger partial charge in [0.05, 0.1) is 0 Å². The molecule has 1 saturated carbocycles. The average molecular weight is 291 g/mol. The number of nitrogens with zero attached hydrogens (tertiary/aromatic N) is 1. The molecular weight excluding hydrogens is 265 g/mol. The highest BCUT2D eigenvalue weighted by molar-refractivity contribution is 5.21. The molecule has 0 atom stereocenters. The molecule has 2 aliphatic rings. The maximum atomic E-state index is 12.8. The van der Waals surface area contributed by atoms with E-state index < -0.39 is 0 Å². The van der Waals surface area contributed by atoms with Crippen molar-refractivity contribution in [3.8, 4) is 5.75 Å². The molecular formula is C18H26FNO. The Hall–Kier alpha value is -1.09. The van der Waals surface area contributed by atoms with E-state index in [1.807, 2.05) is 0 Å². The minimum absolute atomic E-state index is 0.212. The van der Waals surface area contributed by atoms with E-state index in [4.69, 9.17) is 4.74 Å². The highest BCUT2D eigenvalue weighted by Gasteiger charge is 2.35. The molecule has 0 radical (unpaired) electrons. The van der Waals surface area contributed by atoms with Crippen LogP contribution in [0.5, 0.6) is 5.75 Å². The molecule has 0 N–H and O–H groups in total. The van der Waals surface area contributed by atoms with Crippen LogP contribution >= 0.6 is 0 Å². The second kappa shape index (κ2) is 6.78. The Morgan fingerprint density at radius 3 is 2.29 bits per heavy atom. The number of benzene rings is 1. The molecule has 1 aromatic rings. The molecule has 2 fully saturated rings. The van der Waals surface area contributed by atoms with Crippen molar-refractivity contribution in [2.75, 3.05) is 26.2 Å². The topological polar surface area (TPSA) is 12.5 Å². The maximum Gasteiger partial charge on any atom is 0.123 e. The fourth-order valence-electron chi connectivity index (χ4n) is 3.88. The minimum atomic E-state index is -0.212. The number of rotatable bonds is 4. The molecule has 1 aliphatic heterocycles. The summed E-state index contributed by atoms with van der Waals surface area (Å²) < 4.78 is 18.5. The quantitative estimate of drug-likeness (QED) is 0.822. The molecule has 3 heteroatoms. The van der Waals surface area contributed by atoms with E-state index in [9.17, 15) is 4.39 Å². The van der Waals surface area contributed by atoms with Crippen molar-refractivity contribution in [1.29, 1.82) is 0 Å². The third-order valence-corrected chi connectivity index (χ3v) is 5.32. The molecule has 116 valence electrons. The highest BCUT2D eigenvalue weighted by Crippen LogP contribution is 2.44. The Morgan fingerprint density at radius 1 is 0.952 bits per heavy atom. The van der Waals surface area contributed by atoms with Crippen molar-refractivity contribution in [2.45, 2.75) is 44.9 Å². The van der Waals surface area contributed by atoms with Crippen LogP contribution in [0.3, 0.4) is 0 Å². The SMILES string of the molecule is Fc1ccc(OCCN2CCC3(CCCCC3)CC2)cc1. The van der Waals surface area contributed by atoms with Crippen LogP contribution in [-0.4, -0.2) is 31.1 Å². The van der Waals surface area contributed by atoms with Gasteiger partial charge in [0.25, 0.3) is 0 Å². The number of hydrogen-bond donors (Lipinski definition) is 0. The Morgan fingerprint density at radius 2 is 1.62 bits per heavy atom. The number of piperidine rings is 1. The molecule has 1 heterocycles. The van der Waals surface area contributed by atoms with Gasteiger partial charge in [-0.05, 0) is 68.5 Å². The molecule has 2 nitrogen and oxygen atoms in total. The third kappa shape index (κ3) is 3.97. The van der Waals surface area contributed by atoms with E-state index in [1.54, 1.807) is 12.1 Å². The van der Waals surface area contributed by atoms with E-state index in [-0.39, 0.29) is 5.82 Å². The van der Waals surface area contributed by atoms with Crippen molar-refractivity contribution < 1.29 is 9.13 Å². The lowest BCUT2D eigenvalue weighted by molar-refractivity contribution is 0.0608. The second-order valence-electron chi connectivity index (χ2n) is 6.70. The molecule has 0 amide bonds. The highest BCUT2D eigenvalue weighted by atomic mass is 19.1. The first kappa shape index (κ1) is 14.8. The van der Waals surface area contributed by atoms with Crippen LogP contribution in [0.4, 0.5) is 4.39 Å². The van der Waals surface area contributed by atoms with Gasteiger partial charge in [-0.2, -0.15) is 0 Å². The summed E-state index contributed by atoms with van der Waals surface area (Å²) in [4.78, 5) is 2.52. The minimum Gasteiger partial charge on any atom is -0.492 e. The van der Waals surface area contributed by atoms with Gasteiger partial charge in [-0.3, -0.25) is 4.90 Å². The summed E-state index contributed by atoms with van der Waals surface area (Å²) in [5.74, 6) is 0.549. The summed E-state index contributed by atoms with van der Waals surface area (Å²) in [6.45, 7) is 4.10. The van der Waals surface area contributed by atoms with Crippen LogP contribution in [0, 0.1) is 11.2 Å². The largest absolute Gasteiger partial charge is 0.492 e. The van der Waals surface area contributed by atoms with Crippen molar-refractivity contribution in [3.05, 3.63) is 30.1 Å². The lowest BCUT2D eigenvalue weighted by atomic mass is 9.68. The van der Waals surface area contributed by atoms with Crippen LogP contribution in [0.25, 0.3) is 0 Å². The Balaban J connectivity index is 1.38. The monoisotopic (exact) mass is 291 g/mol. The van der Waals surface area contributed by atoms with Gasteiger partial charge in [0.2, 0.25) is 0 Å². The summed E-state index contributed by atoms with van der Waals surface area (Å²) >= 11 is 0. The van der Waals surface area contributed by atoms with E-state index in [2.05, 4.69) is 4.90 Å². The summed E-state index contributed by atoms with van der Waals surface area (Å²) in [7, 11) is 0. The molecule has 1 saturated heterocycles. The zero-order chi connectivity index (χ0) is 14.5. The fraction of sp³-hybridized carbons (Fsp3) is 0.667. The summed E-state index contributed by atoms with van der Waals surface area (Å²) in [5.41, 5.74) is 0.673. The molecule has 0 unspecified atom stereocenters. The van der Waals surface area contributed by atoms with Crippen molar-refractivity contribution in [1.82, 2.24) is 4.90 Å². The fourth-order valence-corrected chi connectivity index (χ4v) is 3.88. The van der Waals surface area contributed by atoms with Crippen LogP contribution in [0.2, 0.25) is 0 Å². The van der Waals surface area contributed by atoms with Crippen LogP contribution in [-0.2, 0) is 0 Å². The van der Waals surface area contributed by atoms with Crippen molar-refractivity contribution >= 4 is 0 Å². The normalized spacial score (nSPS) is 22.3. The summed E-state index contributed by atoms with van der Waals surface area (Å²) in [5, 5.41) is 0. The average Bonchev–Trinajstić information content (AvgIpc) is 2.52. The predicted molar refractivity (Wildman–Crippen MR) is 83.1 cm³/mol. The first-order valence-electron chi connectivity index (χ1n) is 8.37. The van der Waals surface area contributed by atoms with E-state index in [1.165, 1.54) is 70.2 Å². The molecule has 3 rings (SSSR count). The van der Waals surface area contributed by atoms with Gasteiger partial charge >= 0.3 is 0 Å². The number of hydrogen-bond acceptors (Lipinski definition) is 2. The van der Waals surface area contributed by atoms with E-state index in [0.29, 0.717) is 12.0 Å². The first-order valence-corrected chi connectivity index (χ1v) is 8.37. The van der Waals surface area contributed by atoms with E-state index >= 15 is 0 Å². The van der Waals surface area contributed by atoms with Crippen molar-refractivity contribution in [2.24, 2.45) is 5.41 Å². The lowest BCUT2D eigenvalue weighted by Gasteiger charge is -2.44. The Labute approximate surface area is 127 Å². The molecule has 1 spiro atoms. The Kier molecular flexibility index (Phi) is 4.79. The summed E-state index contributed by atoms with van der Waals surface area (Å²) in [6, 6.07) is 6.29. The zero-order valence-electron chi connectivity index (χ0n) is 12.8. The molecule has 1 aromatic carbocycles. The van der Waals surface area contributed by atoms with Crippen LogP contribution < -0.4 is 4.74 Å². The predicted octanol–water partition coefficient (Wildman–Crippen LogP) is 4.25. The lowest BCUT2D eigenvalue weighted by Crippen LogP contribution is -2.42. The molecule has 21 heavy (non-hydrogen) atoms. The number of halogens is 1. The van der Waals surface area contributed by atoms with Crippen LogP contribution in [0.1, 0.15) is 44.9 Å². The first-order chi connectivity index (χ1) is 10.3. The zero-order valence-corrected chi connectivity index (χ0v) is 12.8. The third-order valence-electron chi connectivity index (χ3n) is 5.32. The van der Waals surface area contributed by atoms with Crippen molar-refractivity contribution in [3.63, 3.8) is 0 Å². The number of ether oxygens (including phenoxy) is 1. The van der Waals surface area contributed by atoms with Gasteiger partial charge < -0.3 is 4.74 Å². The molecule has 0 aromatic heterocycles. The molecule has 0 bridgehead atoms. The summed E-state index contributed by atoms with van der Waals surface area (Å²) in [6.07, 6.45) is 9.95. The molecule has 1 aliphatic carbocycles.